The van der Waals surface area contributed by atoms with Crippen LogP contribution in [0.4, 0.5) is 0 Å². The second-order valence-electron chi connectivity index (χ2n) is 5.46. The highest BCUT2D eigenvalue weighted by Crippen LogP contribution is 2.33. The average molecular weight is 307 g/mol. The third-order valence-corrected chi connectivity index (χ3v) is 4.25. The van der Waals surface area contributed by atoms with Crippen molar-refractivity contribution in [1.82, 2.24) is 9.88 Å². The van der Waals surface area contributed by atoms with Gasteiger partial charge in [-0.05, 0) is 46.0 Å². The first kappa shape index (κ1) is 12.2. The van der Waals surface area contributed by atoms with Crippen molar-refractivity contribution < 1.29 is 0 Å². The van der Waals surface area contributed by atoms with Gasteiger partial charge in [-0.3, -0.25) is 0 Å². The van der Waals surface area contributed by atoms with Gasteiger partial charge in [0.15, 0.2) is 0 Å². The van der Waals surface area contributed by atoms with E-state index in [4.69, 9.17) is 0 Å². The Morgan fingerprint density at radius 3 is 3.00 bits per heavy atom. The van der Waals surface area contributed by atoms with Crippen molar-refractivity contribution in [3.05, 3.63) is 33.9 Å². The Morgan fingerprint density at radius 1 is 1.39 bits per heavy atom. The van der Waals surface area contributed by atoms with Crippen LogP contribution in [0.25, 0.3) is 10.9 Å². The largest absolute Gasteiger partial charge is 0.346 e. The fourth-order valence-corrected chi connectivity index (χ4v) is 3.33. The summed E-state index contributed by atoms with van der Waals surface area (Å²) in [5.74, 6) is 0. The van der Waals surface area contributed by atoms with Crippen molar-refractivity contribution in [1.29, 1.82) is 0 Å². The van der Waals surface area contributed by atoms with E-state index in [-0.39, 0.29) is 0 Å². The predicted octanol–water partition coefficient (Wildman–Crippen LogP) is 3.85. The second kappa shape index (κ2) is 4.71. The van der Waals surface area contributed by atoms with Crippen LogP contribution in [0.1, 0.15) is 31.4 Å². The monoisotopic (exact) mass is 306 g/mol. The Morgan fingerprint density at radius 2 is 2.22 bits per heavy atom. The molecule has 0 unspecified atom stereocenters. The van der Waals surface area contributed by atoms with Crippen LogP contribution >= 0.6 is 15.9 Å². The Kier molecular flexibility index (Phi) is 3.20. The van der Waals surface area contributed by atoms with Crippen molar-refractivity contribution >= 4 is 26.8 Å². The molecule has 1 aliphatic rings. The molecule has 1 N–H and O–H groups in total. The molecule has 0 amide bonds. The van der Waals surface area contributed by atoms with Gasteiger partial charge in [0, 0.05) is 35.2 Å². The molecule has 3 heteroatoms. The normalized spacial score (nSPS) is 14.7. The number of benzene rings is 1. The number of aromatic nitrogens is 1. The number of hydrogen-bond acceptors (Lipinski definition) is 1. The summed E-state index contributed by atoms with van der Waals surface area (Å²) in [6, 6.07) is 5.23. The van der Waals surface area contributed by atoms with Gasteiger partial charge in [-0.1, -0.05) is 19.9 Å². The molecule has 0 saturated heterocycles. The lowest BCUT2D eigenvalue weighted by Gasteiger charge is -2.17. The van der Waals surface area contributed by atoms with Gasteiger partial charge in [0.2, 0.25) is 0 Å². The summed E-state index contributed by atoms with van der Waals surface area (Å²) in [5.41, 5.74) is 4.33. The molecule has 0 saturated carbocycles. The lowest BCUT2D eigenvalue weighted by atomic mass is 10.0. The minimum atomic E-state index is 0.532. The molecule has 96 valence electrons. The van der Waals surface area contributed by atoms with Crippen molar-refractivity contribution in [2.45, 2.75) is 45.8 Å². The summed E-state index contributed by atoms with van der Waals surface area (Å²) in [7, 11) is 0. The predicted molar refractivity (Wildman–Crippen MR) is 79.9 cm³/mol. The summed E-state index contributed by atoms with van der Waals surface area (Å²) in [4.78, 5) is 0. The minimum Gasteiger partial charge on any atom is -0.346 e. The molecule has 0 atom stereocenters. The van der Waals surface area contributed by atoms with Gasteiger partial charge in [-0.2, -0.15) is 0 Å². The topological polar surface area (TPSA) is 17.0 Å². The maximum Gasteiger partial charge on any atom is 0.0524 e. The lowest BCUT2D eigenvalue weighted by Crippen LogP contribution is -2.22. The van der Waals surface area contributed by atoms with Gasteiger partial charge in [0.1, 0.15) is 0 Å². The van der Waals surface area contributed by atoms with E-state index in [0.717, 1.165) is 13.1 Å². The van der Waals surface area contributed by atoms with Crippen molar-refractivity contribution in [3.63, 3.8) is 0 Å². The van der Waals surface area contributed by atoms with E-state index >= 15 is 0 Å². The van der Waals surface area contributed by atoms with Gasteiger partial charge in [-0.15, -0.1) is 0 Å². The Balaban J connectivity index is 2.06. The number of aryl methyl sites for hydroxylation is 2. The van der Waals surface area contributed by atoms with Gasteiger partial charge < -0.3 is 9.88 Å². The fourth-order valence-electron chi connectivity index (χ4n) is 2.78. The molecule has 18 heavy (non-hydrogen) atoms. The molecular formula is C15H19BrN2. The molecule has 1 aromatic carbocycles. The van der Waals surface area contributed by atoms with Crippen LogP contribution in [0.2, 0.25) is 0 Å². The fraction of sp³-hybridized carbons (Fsp3) is 0.467. The number of nitrogens with one attached hydrogen (secondary N) is 1. The van der Waals surface area contributed by atoms with Crippen LogP contribution in [0, 0.1) is 0 Å². The van der Waals surface area contributed by atoms with E-state index in [2.05, 4.69) is 58.0 Å². The van der Waals surface area contributed by atoms with Gasteiger partial charge >= 0.3 is 0 Å². The Hall–Kier alpha value is -0.800. The minimum absolute atomic E-state index is 0.532. The molecule has 1 aliphatic heterocycles. The third-order valence-electron chi connectivity index (χ3n) is 3.62. The van der Waals surface area contributed by atoms with E-state index in [1.165, 1.54) is 39.3 Å². The highest BCUT2D eigenvalue weighted by atomic mass is 79.9. The first-order valence-electron chi connectivity index (χ1n) is 6.68. The summed E-state index contributed by atoms with van der Waals surface area (Å²) in [6.45, 7) is 6.49. The van der Waals surface area contributed by atoms with E-state index in [9.17, 15) is 0 Å². The summed E-state index contributed by atoms with van der Waals surface area (Å²) < 4.78 is 3.62. The smallest absolute Gasteiger partial charge is 0.0524 e. The van der Waals surface area contributed by atoms with Crippen LogP contribution in [-0.4, -0.2) is 10.6 Å². The quantitative estimate of drug-likeness (QED) is 0.911. The second-order valence-corrected chi connectivity index (χ2v) is 6.32. The van der Waals surface area contributed by atoms with E-state index in [0.29, 0.717) is 6.04 Å². The number of rotatable bonds is 3. The molecular weight excluding hydrogens is 288 g/mol. The summed E-state index contributed by atoms with van der Waals surface area (Å²) in [5, 5.41) is 4.87. The molecule has 3 rings (SSSR count). The van der Waals surface area contributed by atoms with Crippen molar-refractivity contribution in [2.24, 2.45) is 0 Å². The zero-order valence-corrected chi connectivity index (χ0v) is 12.5. The van der Waals surface area contributed by atoms with Crippen LogP contribution in [0.5, 0.6) is 0 Å². The summed E-state index contributed by atoms with van der Waals surface area (Å²) >= 11 is 3.69. The van der Waals surface area contributed by atoms with Crippen LogP contribution in [0.3, 0.4) is 0 Å². The molecule has 2 aromatic rings. The molecule has 0 aliphatic carbocycles. The lowest BCUT2D eigenvalue weighted by molar-refractivity contribution is 0.587. The molecule has 2 nitrogen and oxygen atoms in total. The molecule has 0 bridgehead atoms. The standard InChI is InChI=1S/C15H19BrN2/c1-10(2)17-8-11-6-12-4-3-5-18-9-14(16)13(7-11)15(12)18/h6-7,9-10,17H,3-5,8H2,1-2H3. The zero-order chi connectivity index (χ0) is 12.7. The molecule has 1 aromatic heterocycles. The van der Waals surface area contributed by atoms with E-state index < -0.39 is 0 Å². The van der Waals surface area contributed by atoms with Gasteiger partial charge in [0.05, 0.1) is 5.52 Å². The maximum atomic E-state index is 3.69. The van der Waals surface area contributed by atoms with Crippen molar-refractivity contribution in [3.8, 4) is 0 Å². The number of halogens is 1. The van der Waals surface area contributed by atoms with Gasteiger partial charge in [0.25, 0.3) is 0 Å². The Labute approximate surface area is 116 Å². The highest BCUT2D eigenvalue weighted by Gasteiger charge is 2.16. The van der Waals surface area contributed by atoms with E-state index in [1.807, 2.05) is 0 Å². The van der Waals surface area contributed by atoms with Crippen molar-refractivity contribution in [2.75, 3.05) is 0 Å². The SMILES string of the molecule is CC(C)NCc1cc2c3c(c1)c(Br)cn3CCC2. The van der Waals surface area contributed by atoms with Crippen LogP contribution in [-0.2, 0) is 19.5 Å². The first-order chi connectivity index (χ1) is 8.65. The maximum absolute atomic E-state index is 3.69. The van der Waals surface area contributed by atoms with Crippen LogP contribution < -0.4 is 5.32 Å². The number of nitrogens with zero attached hydrogens (tertiary/aromatic N) is 1. The average Bonchev–Trinajstić information content (AvgIpc) is 2.66. The van der Waals surface area contributed by atoms with Crippen LogP contribution in [0.15, 0.2) is 22.8 Å². The molecule has 0 fully saturated rings. The molecule has 0 spiro atoms. The number of hydrogen-bond donors (Lipinski definition) is 1. The Bertz CT molecular complexity index is 584. The molecule has 0 radical (unpaired) electrons. The van der Waals surface area contributed by atoms with Gasteiger partial charge in [-0.25, -0.2) is 0 Å². The zero-order valence-electron chi connectivity index (χ0n) is 11.0. The highest BCUT2D eigenvalue weighted by molar-refractivity contribution is 9.10. The summed E-state index contributed by atoms with van der Waals surface area (Å²) in [6.07, 6.45) is 4.69. The third kappa shape index (κ3) is 2.10. The van der Waals surface area contributed by atoms with E-state index in [1.54, 1.807) is 0 Å². The first-order valence-corrected chi connectivity index (χ1v) is 7.48. The molecule has 2 heterocycles.